The van der Waals surface area contributed by atoms with Crippen LogP contribution in [0, 0.1) is 5.41 Å². The maximum absolute atomic E-state index is 11.6. The molecule has 98 valence electrons. The zero-order chi connectivity index (χ0) is 13.2. The first-order valence-corrected chi connectivity index (χ1v) is 5.83. The van der Waals surface area contributed by atoms with Gasteiger partial charge in [-0.1, -0.05) is 9.59 Å². The number of aliphatic carboxylic acids is 1. The fourth-order valence-electron chi connectivity index (χ4n) is 1.56. The number of anilines is 1. The molecule has 2 unspecified atom stereocenters. The molecule has 2 rings (SSSR count). The van der Waals surface area contributed by atoms with Gasteiger partial charge in [0.1, 0.15) is 5.41 Å². The number of urea groups is 1. The summed E-state index contributed by atoms with van der Waals surface area (Å²) in [7, 11) is 0. The molecule has 1 aromatic rings. The minimum Gasteiger partial charge on any atom is -0.481 e. The van der Waals surface area contributed by atoms with Gasteiger partial charge in [0.05, 0.1) is 19.3 Å². The Bertz CT molecular complexity index is 452. The second-order valence-electron chi connectivity index (χ2n) is 4.06. The monoisotopic (exact) mass is 273 g/mol. The van der Waals surface area contributed by atoms with Crippen LogP contribution in [0.4, 0.5) is 9.93 Å². The van der Waals surface area contributed by atoms with E-state index in [9.17, 15) is 9.59 Å². The molecule has 0 aliphatic carbocycles. The van der Waals surface area contributed by atoms with Crippen molar-refractivity contribution < 1.29 is 19.4 Å². The Labute approximate surface area is 106 Å². The van der Waals surface area contributed by atoms with Gasteiger partial charge in [-0.05, 0) is 12.1 Å². The Morgan fingerprint density at radius 2 is 2.39 bits per heavy atom. The first-order valence-electron chi connectivity index (χ1n) is 5.06. The van der Waals surface area contributed by atoms with Gasteiger partial charge in [0.15, 0.2) is 0 Å². The summed E-state index contributed by atoms with van der Waals surface area (Å²) in [6, 6.07) is -1.16. The quantitative estimate of drug-likeness (QED) is 0.680. The highest BCUT2D eigenvalue weighted by molar-refractivity contribution is 7.09. The molecule has 2 amide bonds. The van der Waals surface area contributed by atoms with Crippen LogP contribution >= 0.6 is 11.5 Å². The lowest BCUT2D eigenvalue weighted by Gasteiger charge is -2.25. The Hall–Kier alpha value is -1.81. The molecule has 0 aromatic carbocycles. The summed E-state index contributed by atoms with van der Waals surface area (Å²) in [6.45, 7) is 1.75. The minimum atomic E-state index is -1.13. The van der Waals surface area contributed by atoms with E-state index in [1.165, 1.54) is 6.92 Å². The summed E-state index contributed by atoms with van der Waals surface area (Å²) < 4.78 is 8.59. The van der Waals surface area contributed by atoms with Crippen molar-refractivity contribution in [3.05, 3.63) is 0 Å². The third kappa shape index (κ3) is 2.38. The molecule has 0 radical (unpaired) electrons. The number of nitrogens with zero attached hydrogens (tertiary/aromatic N) is 3. The lowest BCUT2D eigenvalue weighted by molar-refractivity contribution is -0.148. The van der Waals surface area contributed by atoms with E-state index in [1.54, 1.807) is 0 Å². The average Bonchev–Trinajstić information content (AvgIpc) is 2.90. The molecule has 0 saturated carbocycles. The molecule has 1 aromatic heterocycles. The molecule has 1 aliphatic rings. The van der Waals surface area contributed by atoms with Crippen molar-refractivity contribution in [2.75, 3.05) is 18.5 Å². The second kappa shape index (κ2) is 4.82. The molecule has 0 spiro atoms. The van der Waals surface area contributed by atoms with Crippen molar-refractivity contribution in [3.8, 4) is 0 Å². The zero-order valence-electron chi connectivity index (χ0n) is 9.41. The highest BCUT2D eigenvalue weighted by Gasteiger charge is 2.47. The van der Waals surface area contributed by atoms with Crippen LogP contribution in [0.3, 0.4) is 0 Å². The van der Waals surface area contributed by atoms with Gasteiger partial charge in [0, 0.05) is 11.5 Å². The van der Waals surface area contributed by atoms with Gasteiger partial charge in [-0.2, -0.15) is 0 Å². The highest BCUT2D eigenvalue weighted by atomic mass is 32.1. The number of hydrogen-bond acceptors (Lipinski definition) is 7. The number of amides is 2. The first kappa shape index (κ1) is 12.6. The Balaban J connectivity index is 1.96. The van der Waals surface area contributed by atoms with Gasteiger partial charge in [0.25, 0.3) is 0 Å². The molecule has 2 heterocycles. The van der Waals surface area contributed by atoms with Gasteiger partial charge in [-0.15, -0.1) is 0 Å². The van der Waals surface area contributed by atoms with Crippen LogP contribution in [0.15, 0.2) is 0 Å². The molecule has 3 N–H and O–H groups in total. The predicted octanol–water partition coefficient (Wildman–Crippen LogP) is -0.456. The number of rotatable bonds is 3. The fourth-order valence-corrected chi connectivity index (χ4v) is 1.92. The molecule has 1 aliphatic heterocycles. The Kier molecular flexibility index (Phi) is 3.39. The Morgan fingerprint density at radius 3 is 3.00 bits per heavy atom. The summed E-state index contributed by atoms with van der Waals surface area (Å²) in [5.74, 6) is -1.01. The van der Waals surface area contributed by atoms with Gasteiger partial charge >= 0.3 is 12.0 Å². The summed E-state index contributed by atoms with van der Waals surface area (Å²) in [4.78, 5) is 22.8. The lowest BCUT2D eigenvalue weighted by atomic mass is 9.85. The van der Waals surface area contributed by atoms with Crippen molar-refractivity contribution in [1.29, 1.82) is 0 Å². The van der Waals surface area contributed by atoms with Gasteiger partial charge < -0.3 is 15.2 Å². The van der Waals surface area contributed by atoms with Gasteiger partial charge in [-0.3, -0.25) is 10.1 Å². The molecule has 18 heavy (non-hydrogen) atoms. The van der Waals surface area contributed by atoms with E-state index >= 15 is 0 Å². The van der Waals surface area contributed by atoms with Gasteiger partial charge in [0.2, 0.25) is 5.13 Å². The van der Waals surface area contributed by atoms with Crippen molar-refractivity contribution in [2.45, 2.75) is 13.0 Å². The average molecular weight is 273 g/mol. The molecule has 9 nitrogen and oxygen atoms in total. The summed E-state index contributed by atoms with van der Waals surface area (Å²) >= 11 is 0.924. The van der Waals surface area contributed by atoms with E-state index in [1.807, 2.05) is 0 Å². The van der Waals surface area contributed by atoms with Crippen molar-refractivity contribution in [1.82, 2.24) is 20.1 Å². The van der Waals surface area contributed by atoms with Crippen LogP contribution in [0.5, 0.6) is 0 Å². The number of carboxylic acids is 1. The van der Waals surface area contributed by atoms with Crippen LogP contribution in [0.2, 0.25) is 0 Å². The number of hydrogen-bond donors (Lipinski definition) is 3. The number of carboxylic acid groups (broad SMARTS) is 1. The van der Waals surface area contributed by atoms with E-state index in [0.29, 0.717) is 0 Å². The maximum Gasteiger partial charge on any atom is 0.321 e. The summed E-state index contributed by atoms with van der Waals surface area (Å²) in [5.41, 5.74) is -1.13. The molecule has 2 atom stereocenters. The van der Waals surface area contributed by atoms with Crippen molar-refractivity contribution >= 4 is 28.7 Å². The normalized spacial score (nSPS) is 26.8. The molecular weight excluding hydrogens is 262 g/mol. The maximum atomic E-state index is 11.6. The van der Waals surface area contributed by atoms with E-state index in [0.717, 1.165) is 11.5 Å². The van der Waals surface area contributed by atoms with Crippen molar-refractivity contribution in [3.63, 3.8) is 0 Å². The van der Waals surface area contributed by atoms with Crippen LogP contribution < -0.4 is 10.6 Å². The number of carbonyl (C=O) groups is 2. The first-order chi connectivity index (χ1) is 8.52. The third-order valence-electron chi connectivity index (χ3n) is 2.77. The molecule has 0 bridgehead atoms. The Morgan fingerprint density at radius 1 is 1.61 bits per heavy atom. The predicted molar refractivity (Wildman–Crippen MR) is 60.2 cm³/mol. The number of nitrogens with one attached hydrogen (secondary N) is 2. The van der Waals surface area contributed by atoms with Gasteiger partial charge in [-0.25, -0.2) is 4.79 Å². The molecule has 1 fully saturated rings. The smallest absolute Gasteiger partial charge is 0.321 e. The van der Waals surface area contributed by atoms with Crippen LogP contribution in [-0.2, 0) is 9.53 Å². The van der Waals surface area contributed by atoms with Crippen LogP contribution in [-0.4, -0.2) is 51.2 Å². The fraction of sp³-hybridized carbons (Fsp3) is 0.625. The highest BCUT2D eigenvalue weighted by Crippen LogP contribution is 2.28. The summed E-state index contributed by atoms with van der Waals surface area (Å²) in [6.07, 6.45) is 0. The van der Waals surface area contributed by atoms with E-state index in [4.69, 9.17) is 9.84 Å². The van der Waals surface area contributed by atoms with E-state index in [2.05, 4.69) is 25.4 Å². The van der Waals surface area contributed by atoms with Crippen molar-refractivity contribution in [2.24, 2.45) is 5.41 Å². The second-order valence-corrected chi connectivity index (χ2v) is 4.79. The number of carbonyl (C=O) groups excluding carboxylic acids is 1. The lowest BCUT2D eigenvalue weighted by Crippen LogP contribution is -2.50. The largest absolute Gasteiger partial charge is 0.481 e. The topological polar surface area (TPSA) is 126 Å². The van der Waals surface area contributed by atoms with Crippen LogP contribution in [0.1, 0.15) is 6.92 Å². The molecule has 1 saturated heterocycles. The van der Waals surface area contributed by atoms with E-state index < -0.39 is 23.5 Å². The van der Waals surface area contributed by atoms with E-state index in [-0.39, 0.29) is 18.3 Å². The van der Waals surface area contributed by atoms with Crippen LogP contribution in [0.25, 0.3) is 0 Å². The molecular formula is C8H11N5O4S. The SMILES string of the molecule is CC1(C(=O)O)COCC1NC(=O)Nc1nnns1. The minimum absolute atomic E-state index is 0.0631. The standard InChI is InChI=1S/C8H11N5O4S/c1-8(5(14)15)3-17-2-4(8)9-6(16)10-7-11-12-13-18-7/h4H,2-3H2,1H3,(H,14,15)(H2,9,10,11,13,16). The number of ether oxygens (including phenoxy) is 1. The summed E-state index contributed by atoms with van der Waals surface area (Å²) in [5, 5.41) is 21.2. The zero-order valence-corrected chi connectivity index (χ0v) is 10.2. The number of aromatic nitrogens is 3. The third-order valence-corrected chi connectivity index (χ3v) is 3.28. The molecule has 10 heteroatoms.